The summed E-state index contributed by atoms with van der Waals surface area (Å²) in [5.74, 6) is 1.84. The number of anilines is 1. The van der Waals surface area contributed by atoms with E-state index in [0.29, 0.717) is 18.9 Å². The van der Waals surface area contributed by atoms with Gasteiger partial charge < -0.3 is 19.4 Å². The van der Waals surface area contributed by atoms with Gasteiger partial charge in [-0.3, -0.25) is 14.9 Å². The number of likely N-dealkylation sites (tertiary alicyclic amines) is 1. The first-order valence-corrected chi connectivity index (χ1v) is 12.1. The summed E-state index contributed by atoms with van der Waals surface area (Å²) >= 11 is 0. The van der Waals surface area contributed by atoms with Crippen LogP contribution in [0.4, 0.5) is 10.6 Å². The number of aryl methyl sites for hydroxylation is 1. The molecule has 1 aromatic heterocycles. The number of urea groups is 1. The van der Waals surface area contributed by atoms with Gasteiger partial charge in [-0.2, -0.15) is 0 Å². The van der Waals surface area contributed by atoms with Crippen molar-refractivity contribution >= 4 is 23.7 Å². The summed E-state index contributed by atoms with van der Waals surface area (Å²) in [5.41, 5.74) is 3.19. The molecule has 0 radical (unpaired) electrons. The number of nitrogens with zero attached hydrogens (tertiary/aromatic N) is 5. The quantitative estimate of drug-likeness (QED) is 0.633. The van der Waals surface area contributed by atoms with E-state index in [9.17, 15) is 14.4 Å². The first kappa shape index (κ1) is 23.1. The Morgan fingerprint density at radius 3 is 2.74 bits per heavy atom. The van der Waals surface area contributed by atoms with Gasteiger partial charge in [0.2, 0.25) is 11.8 Å². The molecule has 5 rings (SSSR count). The molecule has 3 aliphatic heterocycles. The minimum Gasteiger partial charge on any atom is -0.496 e. The Morgan fingerprint density at radius 1 is 1.14 bits per heavy atom. The maximum atomic E-state index is 13.1. The molecular weight excluding hydrogens is 448 g/mol. The number of nitrogens with one attached hydrogen (secondary N) is 1. The van der Waals surface area contributed by atoms with Gasteiger partial charge in [0.05, 0.1) is 13.2 Å². The van der Waals surface area contributed by atoms with Crippen LogP contribution in [0.1, 0.15) is 47.9 Å². The zero-order chi connectivity index (χ0) is 24.5. The van der Waals surface area contributed by atoms with E-state index in [2.05, 4.69) is 16.3 Å². The van der Waals surface area contributed by atoms with Crippen molar-refractivity contribution in [3.63, 3.8) is 0 Å². The summed E-state index contributed by atoms with van der Waals surface area (Å²) in [4.78, 5) is 51.6. The van der Waals surface area contributed by atoms with Crippen LogP contribution in [-0.4, -0.2) is 70.9 Å². The van der Waals surface area contributed by atoms with E-state index < -0.39 is 6.03 Å². The number of methoxy groups -OCH3 is 1. The molecule has 0 aliphatic carbocycles. The zero-order valence-corrected chi connectivity index (χ0v) is 20.1. The Kier molecular flexibility index (Phi) is 6.27. The van der Waals surface area contributed by atoms with Crippen molar-refractivity contribution in [2.24, 2.45) is 0 Å². The highest BCUT2D eigenvalue weighted by Gasteiger charge is 2.36. The number of fused-ring (bicyclic) bond motifs is 1. The molecule has 35 heavy (non-hydrogen) atoms. The predicted molar refractivity (Wildman–Crippen MR) is 128 cm³/mol. The second-order valence-electron chi connectivity index (χ2n) is 9.26. The molecule has 2 saturated heterocycles. The first-order chi connectivity index (χ1) is 16.9. The number of rotatable bonds is 6. The number of hydrogen-bond acceptors (Lipinski definition) is 7. The average Bonchev–Trinajstić information content (AvgIpc) is 3.46. The fourth-order valence-electron chi connectivity index (χ4n) is 5.25. The summed E-state index contributed by atoms with van der Waals surface area (Å²) in [6.07, 6.45) is 3.55. The number of carbonyl (C=O) groups is 3. The van der Waals surface area contributed by atoms with E-state index >= 15 is 0 Å². The topological polar surface area (TPSA) is 108 Å². The predicted octanol–water partition coefficient (Wildman–Crippen LogP) is 1.96. The fraction of sp³-hybridized carbons (Fsp3) is 0.480. The van der Waals surface area contributed by atoms with Crippen LogP contribution in [0, 0.1) is 6.92 Å². The molecule has 4 heterocycles. The van der Waals surface area contributed by atoms with Crippen molar-refractivity contribution in [1.29, 1.82) is 0 Å². The molecule has 10 nitrogen and oxygen atoms in total. The highest BCUT2D eigenvalue weighted by Crippen LogP contribution is 2.35. The van der Waals surface area contributed by atoms with Crippen LogP contribution < -0.4 is 15.0 Å². The van der Waals surface area contributed by atoms with Crippen molar-refractivity contribution in [1.82, 2.24) is 25.1 Å². The molecule has 1 N–H and O–H groups in total. The molecule has 0 spiro atoms. The number of hydrogen-bond donors (Lipinski definition) is 1. The standard InChI is InChI=1S/C25H30N6O4/c1-16-18-8-5-11-29(13-17-7-3-4-10-20(17)35-2)24(18)28-23(26-16)19-9-6-12-31(19)22(33)15-30-14-21(32)27-25(30)34/h3-4,7,10,19H,5-6,8-9,11-15H2,1-2H3,(H,27,32,34)/t19-/m1/s1. The number of aromatic nitrogens is 2. The third-order valence-corrected chi connectivity index (χ3v) is 6.98. The lowest BCUT2D eigenvalue weighted by atomic mass is 10.0. The van der Waals surface area contributed by atoms with Crippen molar-refractivity contribution in [2.75, 3.05) is 38.2 Å². The van der Waals surface area contributed by atoms with Crippen LogP contribution in [0.3, 0.4) is 0 Å². The monoisotopic (exact) mass is 478 g/mol. The number of imide groups is 1. The van der Waals surface area contributed by atoms with E-state index in [0.717, 1.165) is 60.6 Å². The van der Waals surface area contributed by atoms with Gasteiger partial charge >= 0.3 is 6.03 Å². The minimum absolute atomic E-state index is 0.0879. The van der Waals surface area contributed by atoms with E-state index in [1.54, 1.807) is 12.0 Å². The highest BCUT2D eigenvalue weighted by molar-refractivity contribution is 6.03. The Morgan fingerprint density at radius 2 is 1.97 bits per heavy atom. The molecule has 3 aliphatic rings. The molecule has 1 aromatic carbocycles. The molecule has 184 valence electrons. The van der Waals surface area contributed by atoms with Gasteiger partial charge in [0.25, 0.3) is 0 Å². The van der Waals surface area contributed by atoms with Crippen LogP contribution in [0.2, 0.25) is 0 Å². The van der Waals surface area contributed by atoms with Crippen molar-refractivity contribution in [2.45, 2.75) is 45.2 Å². The Labute approximate surface area is 204 Å². The van der Waals surface area contributed by atoms with Gasteiger partial charge in [-0.15, -0.1) is 0 Å². The zero-order valence-electron chi connectivity index (χ0n) is 20.1. The molecule has 0 unspecified atom stereocenters. The third-order valence-electron chi connectivity index (χ3n) is 6.98. The molecule has 2 aromatic rings. The second-order valence-corrected chi connectivity index (χ2v) is 9.26. The summed E-state index contributed by atoms with van der Waals surface area (Å²) in [7, 11) is 1.68. The summed E-state index contributed by atoms with van der Waals surface area (Å²) in [5, 5.41) is 2.22. The van der Waals surface area contributed by atoms with E-state index in [4.69, 9.17) is 14.7 Å². The molecule has 4 amide bonds. The SMILES string of the molecule is COc1ccccc1CN1CCCc2c(C)nc([C@H]3CCCN3C(=O)CN3CC(=O)NC3=O)nc21. The second kappa shape index (κ2) is 9.52. The lowest BCUT2D eigenvalue weighted by Gasteiger charge is -2.33. The fourth-order valence-corrected chi connectivity index (χ4v) is 5.25. The number of benzene rings is 1. The van der Waals surface area contributed by atoms with Gasteiger partial charge in [-0.1, -0.05) is 18.2 Å². The van der Waals surface area contributed by atoms with Gasteiger partial charge in [0, 0.05) is 36.5 Å². The Hall–Kier alpha value is -3.69. The van der Waals surface area contributed by atoms with Crippen molar-refractivity contribution in [3.05, 3.63) is 46.9 Å². The van der Waals surface area contributed by atoms with Gasteiger partial charge in [0.15, 0.2) is 5.82 Å². The van der Waals surface area contributed by atoms with E-state index in [1.165, 1.54) is 4.90 Å². The molecular formula is C25H30N6O4. The van der Waals surface area contributed by atoms with Gasteiger partial charge in [-0.25, -0.2) is 14.8 Å². The Balaban J connectivity index is 1.40. The molecule has 10 heteroatoms. The molecule has 2 fully saturated rings. The smallest absolute Gasteiger partial charge is 0.325 e. The number of carbonyl (C=O) groups excluding carboxylic acids is 3. The maximum absolute atomic E-state index is 13.1. The third kappa shape index (κ3) is 4.52. The maximum Gasteiger partial charge on any atom is 0.325 e. The summed E-state index contributed by atoms with van der Waals surface area (Å²) < 4.78 is 5.56. The molecule has 1 atom stereocenters. The number of ether oxygens (including phenoxy) is 1. The normalized spacial score (nSPS) is 19.7. The Bertz CT molecular complexity index is 1170. The van der Waals surface area contributed by atoms with Crippen molar-refractivity contribution < 1.29 is 19.1 Å². The molecule has 0 saturated carbocycles. The van der Waals surface area contributed by atoms with Crippen LogP contribution in [0.5, 0.6) is 5.75 Å². The van der Waals surface area contributed by atoms with Crippen LogP contribution in [0.15, 0.2) is 24.3 Å². The van der Waals surface area contributed by atoms with E-state index in [1.807, 2.05) is 25.1 Å². The summed E-state index contributed by atoms with van der Waals surface area (Å²) in [6, 6.07) is 7.24. The summed E-state index contributed by atoms with van der Waals surface area (Å²) in [6.45, 7) is 3.94. The lowest BCUT2D eigenvalue weighted by molar-refractivity contribution is -0.132. The average molecular weight is 479 g/mol. The van der Waals surface area contributed by atoms with Gasteiger partial charge in [0.1, 0.15) is 24.7 Å². The number of amides is 4. The van der Waals surface area contributed by atoms with E-state index in [-0.39, 0.29) is 30.9 Å². The highest BCUT2D eigenvalue weighted by atomic mass is 16.5. The van der Waals surface area contributed by atoms with Gasteiger partial charge in [-0.05, 0) is 38.7 Å². The lowest BCUT2D eigenvalue weighted by Crippen LogP contribution is -2.41. The van der Waals surface area contributed by atoms with Crippen LogP contribution >= 0.6 is 0 Å². The largest absolute Gasteiger partial charge is 0.496 e. The van der Waals surface area contributed by atoms with Crippen LogP contribution in [-0.2, 0) is 22.6 Å². The minimum atomic E-state index is -0.521. The van der Waals surface area contributed by atoms with Crippen LogP contribution in [0.25, 0.3) is 0 Å². The first-order valence-electron chi connectivity index (χ1n) is 12.1. The van der Waals surface area contributed by atoms with Crippen molar-refractivity contribution in [3.8, 4) is 5.75 Å². The molecule has 0 bridgehead atoms. The number of para-hydroxylation sites is 1.